The van der Waals surface area contributed by atoms with E-state index in [1.165, 1.54) is 19.3 Å². The summed E-state index contributed by atoms with van der Waals surface area (Å²) in [4.78, 5) is 21.5. The fraction of sp³-hybridized carbons (Fsp3) is 0.900. The molecule has 28 heavy (non-hydrogen) atoms. The zero-order valence-corrected chi connectivity index (χ0v) is 17.9. The van der Waals surface area contributed by atoms with Crippen LogP contribution in [0.3, 0.4) is 0 Å². The van der Waals surface area contributed by atoms with Crippen LogP contribution >= 0.6 is 0 Å². The molecular formula is C20H38N4O4. The first kappa shape index (κ1) is 22.7. The van der Waals surface area contributed by atoms with Gasteiger partial charge in [-0.1, -0.05) is 18.5 Å². The molecular weight excluding hydrogens is 360 g/mol. The minimum atomic E-state index is -0.573. The van der Waals surface area contributed by atoms with E-state index in [1.54, 1.807) is 4.90 Å². The Morgan fingerprint density at radius 1 is 1.18 bits per heavy atom. The number of oxime groups is 1. The fourth-order valence-electron chi connectivity index (χ4n) is 3.56. The highest BCUT2D eigenvalue weighted by molar-refractivity contribution is 5.86. The summed E-state index contributed by atoms with van der Waals surface area (Å²) < 4.78 is 5.43. The number of aliphatic hydroxyl groups is 1. The normalized spacial score (nSPS) is 22.6. The van der Waals surface area contributed by atoms with E-state index in [2.05, 4.69) is 10.1 Å². The number of rotatable bonds is 6. The number of amidine groups is 1. The second-order valence-electron chi connectivity index (χ2n) is 9.32. The van der Waals surface area contributed by atoms with Crippen LogP contribution in [-0.2, 0) is 9.57 Å². The molecule has 0 bridgehead atoms. The molecule has 0 aromatic heterocycles. The predicted octanol–water partition coefficient (Wildman–Crippen LogP) is 2.16. The molecule has 0 aromatic carbocycles. The van der Waals surface area contributed by atoms with Crippen molar-refractivity contribution in [2.45, 2.75) is 71.5 Å². The maximum atomic E-state index is 12.2. The highest BCUT2D eigenvalue weighted by atomic mass is 16.6. The third kappa shape index (κ3) is 7.13. The zero-order valence-electron chi connectivity index (χ0n) is 17.9. The van der Waals surface area contributed by atoms with Gasteiger partial charge in [0.15, 0.2) is 0 Å². The minimum Gasteiger partial charge on any atom is -0.444 e. The van der Waals surface area contributed by atoms with Crippen LogP contribution in [0.25, 0.3) is 0 Å². The average molecular weight is 399 g/mol. The fourth-order valence-corrected chi connectivity index (χ4v) is 3.56. The van der Waals surface area contributed by atoms with Crippen LogP contribution in [0.15, 0.2) is 5.16 Å². The minimum absolute atomic E-state index is 0.136. The molecule has 0 aromatic rings. The number of piperidine rings is 2. The summed E-state index contributed by atoms with van der Waals surface area (Å²) in [7, 11) is 0. The van der Waals surface area contributed by atoms with Crippen molar-refractivity contribution in [1.29, 1.82) is 0 Å². The number of nitrogens with zero attached hydrogens (tertiary/aromatic N) is 3. The molecule has 2 rings (SSSR count). The quantitative estimate of drug-likeness (QED) is 0.404. The van der Waals surface area contributed by atoms with Crippen molar-refractivity contribution in [3.63, 3.8) is 0 Å². The maximum absolute atomic E-state index is 12.2. The Morgan fingerprint density at radius 3 is 2.36 bits per heavy atom. The average Bonchev–Trinajstić information content (AvgIpc) is 2.61. The molecule has 0 spiro atoms. The number of hydrogen-bond donors (Lipinski definition) is 2. The number of hydrogen-bond acceptors (Lipinski definition) is 6. The second-order valence-corrected chi connectivity index (χ2v) is 9.32. The van der Waals surface area contributed by atoms with Crippen molar-refractivity contribution in [2.24, 2.45) is 16.3 Å². The molecule has 2 saturated heterocycles. The molecule has 1 unspecified atom stereocenters. The standard InChI is InChI=1S/C20H38N4O4/c1-19(2,3)28-18(26)24-12-8-20(4,9-13-24)17(21)22-27-15-16(25)14-23-10-6-5-7-11-23/h16,25H,5-15H2,1-4H3,(H2,21,22). The topological polar surface area (TPSA) is 101 Å². The summed E-state index contributed by atoms with van der Waals surface area (Å²) in [6, 6.07) is 0. The summed E-state index contributed by atoms with van der Waals surface area (Å²) in [6.07, 6.45) is 4.18. The van der Waals surface area contributed by atoms with Gasteiger partial charge in [-0.05, 0) is 59.5 Å². The van der Waals surface area contributed by atoms with Crippen LogP contribution in [-0.4, -0.2) is 77.9 Å². The Kier molecular flexibility index (Phi) is 7.95. The van der Waals surface area contributed by atoms with Crippen molar-refractivity contribution in [3.05, 3.63) is 0 Å². The van der Waals surface area contributed by atoms with Gasteiger partial charge in [-0.25, -0.2) is 4.79 Å². The molecule has 2 heterocycles. The lowest BCUT2D eigenvalue weighted by Gasteiger charge is -2.38. The van der Waals surface area contributed by atoms with E-state index in [4.69, 9.17) is 15.3 Å². The third-order valence-electron chi connectivity index (χ3n) is 5.48. The molecule has 8 nitrogen and oxygen atoms in total. The first-order valence-electron chi connectivity index (χ1n) is 10.4. The van der Waals surface area contributed by atoms with Gasteiger partial charge in [0.2, 0.25) is 0 Å². The lowest BCUT2D eigenvalue weighted by atomic mass is 9.79. The molecule has 2 fully saturated rings. The molecule has 1 amide bonds. The van der Waals surface area contributed by atoms with Gasteiger partial charge < -0.3 is 30.2 Å². The van der Waals surface area contributed by atoms with Crippen molar-refractivity contribution >= 4 is 11.9 Å². The van der Waals surface area contributed by atoms with Gasteiger partial charge in [-0.3, -0.25) is 0 Å². The van der Waals surface area contributed by atoms with Gasteiger partial charge >= 0.3 is 6.09 Å². The molecule has 0 saturated carbocycles. The first-order chi connectivity index (χ1) is 13.1. The lowest BCUT2D eigenvalue weighted by Crippen LogP contribution is -2.48. The number of aliphatic hydroxyl groups excluding tert-OH is 1. The highest BCUT2D eigenvalue weighted by Gasteiger charge is 2.37. The number of nitrogens with two attached hydrogens (primary N) is 1. The summed E-state index contributed by atoms with van der Waals surface area (Å²) >= 11 is 0. The Morgan fingerprint density at radius 2 is 1.79 bits per heavy atom. The van der Waals surface area contributed by atoms with Crippen molar-refractivity contribution in [1.82, 2.24) is 9.80 Å². The van der Waals surface area contributed by atoms with Crippen LogP contribution in [0.5, 0.6) is 0 Å². The first-order valence-corrected chi connectivity index (χ1v) is 10.4. The molecule has 2 aliphatic heterocycles. The van der Waals surface area contributed by atoms with E-state index in [0.29, 0.717) is 38.3 Å². The maximum Gasteiger partial charge on any atom is 0.410 e. The van der Waals surface area contributed by atoms with Crippen LogP contribution < -0.4 is 5.73 Å². The van der Waals surface area contributed by atoms with Crippen LogP contribution in [0.4, 0.5) is 4.79 Å². The number of carbonyl (C=O) groups is 1. The molecule has 0 radical (unpaired) electrons. The summed E-state index contributed by atoms with van der Waals surface area (Å²) in [5.74, 6) is 0.418. The van der Waals surface area contributed by atoms with Crippen molar-refractivity contribution in [3.8, 4) is 0 Å². The van der Waals surface area contributed by atoms with Gasteiger partial charge in [-0.15, -0.1) is 0 Å². The lowest BCUT2D eigenvalue weighted by molar-refractivity contribution is 0.0110. The van der Waals surface area contributed by atoms with Crippen LogP contribution in [0, 0.1) is 5.41 Å². The molecule has 0 aliphatic carbocycles. The molecule has 2 aliphatic rings. The number of carbonyl (C=O) groups excluding carboxylic acids is 1. The summed E-state index contributed by atoms with van der Waals surface area (Å²) in [5, 5.41) is 14.2. The monoisotopic (exact) mass is 398 g/mol. The van der Waals surface area contributed by atoms with E-state index in [0.717, 1.165) is 13.1 Å². The smallest absolute Gasteiger partial charge is 0.410 e. The highest BCUT2D eigenvalue weighted by Crippen LogP contribution is 2.31. The molecule has 3 N–H and O–H groups in total. The number of β-amino-alcohol motifs (C(OH)–C–C–N with tert-alkyl or cyclic N) is 1. The van der Waals surface area contributed by atoms with Gasteiger partial charge in [-0.2, -0.15) is 0 Å². The zero-order chi connectivity index (χ0) is 20.8. The Bertz CT molecular complexity index is 533. The van der Waals surface area contributed by atoms with Crippen LogP contribution in [0.2, 0.25) is 0 Å². The van der Waals surface area contributed by atoms with Gasteiger partial charge in [0.05, 0.1) is 0 Å². The van der Waals surface area contributed by atoms with Crippen LogP contribution in [0.1, 0.15) is 59.8 Å². The number of likely N-dealkylation sites (tertiary alicyclic amines) is 2. The molecule has 1 atom stereocenters. The number of amides is 1. The molecule has 162 valence electrons. The van der Waals surface area contributed by atoms with Crippen molar-refractivity contribution < 1.29 is 19.5 Å². The largest absolute Gasteiger partial charge is 0.444 e. The van der Waals surface area contributed by atoms with E-state index in [1.807, 2.05) is 27.7 Å². The van der Waals surface area contributed by atoms with Crippen molar-refractivity contribution in [2.75, 3.05) is 39.3 Å². The van der Waals surface area contributed by atoms with Gasteiger partial charge in [0.25, 0.3) is 0 Å². The summed E-state index contributed by atoms with van der Waals surface area (Å²) in [5.41, 5.74) is 5.35. The molecule has 8 heteroatoms. The van der Waals surface area contributed by atoms with Gasteiger partial charge in [0, 0.05) is 25.0 Å². The van der Waals surface area contributed by atoms with E-state index < -0.39 is 11.7 Å². The predicted molar refractivity (Wildman–Crippen MR) is 109 cm³/mol. The second kappa shape index (κ2) is 9.78. The summed E-state index contributed by atoms with van der Waals surface area (Å²) in [6.45, 7) is 11.6. The Labute approximate surface area is 169 Å². The van der Waals surface area contributed by atoms with E-state index >= 15 is 0 Å². The number of ether oxygens (including phenoxy) is 1. The van der Waals surface area contributed by atoms with Gasteiger partial charge in [0.1, 0.15) is 24.1 Å². The third-order valence-corrected chi connectivity index (χ3v) is 5.48. The van der Waals surface area contributed by atoms with E-state index in [9.17, 15) is 9.90 Å². The Hall–Kier alpha value is -1.54. The Balaban J connectivity index is 1.75. The SMILES string of the molecule is CC(C)(C)OC(=O)N1CCC(C)(C(N)=NOCC(O)CN2CCCCC2)CC1. The van der Waals surface area contributed by atoms with E-state index in [-0.39, 0.29) is 18.1 Å².